The quantitative estimate of drug-likeness (QED) is 0.745. The average molecular weight is 273 g/mol. The summed E-state index contributed by atoms with van der Waals surface area (Å²) in [6, 6.07) is 9.04. The van der Waals surface area contributed by atoms with Gasteiger partial charge in [0.05, 0.1) is 11.3 Å². The second-order valence-corrected chi connectivity index (χ2v) is 5.25. The number of benzene rings is 1. The van der Waals surface area contributed by atoms with Crippen LogP contribution in [-0.4, -0.2) is 10.2 Å². The first-order valence-electron chi connectivity index (χ1n) is 5.81. The van der Waals surface area contributed by atoms with Crippen LogP contribution in [0, 0.1) is 12.7 Å². The van der Waals surface area contributed by atoms with Crippen LogP contribution in [0.3, 0.4) is 0 Å². The van der Waals surface area contributed by atoms with Gasteiger partial charge in [0.25, 0.3) is 0 Å². The molecule has 0 saturated carbocycles. The van der Waals surface area contributed by atoms with Gasteiger partial charge < -0.3 is 5.73 Å². The number of nitrogens with zero attached hydrogens (tertiary/aromatic N) is 1. The first kappa shape index (κ1) is 11.9. The molecule has 2 aromatic heterocycles. The van der Waals surface area contributed by atoms with Gasteiger partial charge in [-0.1, -0.05) is 18.2 Å². The third kappa shape index (κ3) is 2.02. The van der Waals surface area contributed by atoms with Crippen LogP contribution >= 0.6 is 11.3 Å². The fraction of sp³-hybridized carbons (Fsp3) is 0.0714. The van der Waals surface area contributed by atoms with Gasteiger partial charge in [0.15, 0.2) is 5.82 Å². The van der Waals surface area contributed by atoms with Crippen molar-refractivity contribution >= 4 is 17.2 Å². The molecule has 0 bridgehead atoms. The highest BCUT2D eigenvalue weighted by Gasteiger charge is 2.16. The molecule has 3 rings (SSSR count). The Bertz CT molecular complexity index is 716. The summed E-state index contributed by atoms with van der Waals surface area (Å²) in [6.07, 6.45) is 0. The van der Waals surface area contributed by atoms with Gasteiger partial charge in [-0.2, -0.15) is 5.10 Å². The average Bonchev–Trinajstić information content (AvgIpc) is 3.01. The van der Waals surface area contributed by atoms with E-state index in [1.54, 1.807) is 24.3 Å². The zero-order valence-corrected chi connectivity index (χ0v) is 11.1. The third-order valence-corrected chi connectivity index (χ3v) is 3.91. The largest absolute Gasteiger partial charge is 0.382 e. The predicted molar refractivity (Wildman–Crippen MR) is 76.4 cm³/mol. The van der Waals surface area contributed by atoms with E-state index in [2.05, 4.69) is 10.2 Å². The molecular weight excluding hydrogens is 261 g/mol. The van der Waals surface area contributed by atoms with E-state index in [9.17, 15) is 4.39 Å². The summed E-state index contributed by atoms with van der Waals surface area (Å²) in [4.78, 5) is 1.02. The smallest absolute Gasteiger partial charge is 0.154 e. The summed E-state index contributed by atoms with van der Waals surface area (Å²) in [7, 11) is 0. The third-order valence-electron chi connectivity index (χ3n) is 3.02. The van der Waals surface area contributed by atoms with Gasteiger partial charge in [0.2, 0.25) is 0 Å². The Labute approximate surface area is 113 Å². The molecule has 19 heavy (non-hydrogen) atoms. The van der Waals surface area contributed by atoms with Crippen molar-refractivity contribution in [3.63, 3.8) is 0 Å². The first-order chi connectivity index (χ1) is 9.16. The fourth-order valence-electron chi connectivity index (χ4n) is 1.98. The Kier molecular flexibility index (Phi) is 2.83. The molecule has 3 N–H and O–H groups in total. The molecule has 0 amide bonds. The summed E-state index contributed by atoms with van der Waals surface area (Å²) >= 11 is 1.58. The number of rotatable bonds is 2. The summed E-state index contributed by atoms with van der Waals surface area (Å²) < 4.78 is 13.7. The Morgan fingerprint density at radius 1 is 1.32 bits per heavy atom. The molecule has 3 nitrogen and oxygen atoms in total. The van der Waals surface area contributed by atoms with Crippen molar-refractivity contribution in [1.29, 1.82) is 0 Å². The van der Waals surface area contributed by atoms with Gasteiger partial charge in [-0.3, -0.25) is 5.10 Å². The molecule has 5 heteroatoms. The van der Waals surface area contributed by atoms with Crippen LogP contribution in [0.15, 0.2) is 35.7 Å². The zero-order valence-electron chi connectivity index (χ0n) is 10.3. The van der Waals surface area contributed by atoms with Crippen LogP contribution in [0.25, 0.3) is 21.7 Å². The number of hydrogen-bond acceptors (Lipinski definition) is 3. The lowest BCUT2D eigenvalue weighted by molar-refractivity contribution is 0.619. The molecule has 96 valence electrons. The normalized spacial score (nSPS) is 10.8. The van der Waals surface area contributed by atoms with E-state index in [1.165, 1.54) is 6.07 Å². The summed E-state index contributed by atoms with van der Waals surface area (Å²) in [5.41, 5.74) is 8.85. The van der Waals surface area contributed by atoms with Crippen molar-refractivity contribution in [1.82, 2.24) is 10.2 Å². The van der Waals surface area contributed by atoms with Crippen molar-refractivity contribution in [2.24, 2.45) is 0 Å². The fourth-order valence-corrected chi connectivity index (χ4v) is 2.77. The second-order valence-electron chi connectivity index (χ2n) is 4.30. The van der Waals surface area contributed by atoms with Crippen molar-refractivity contribution < 1.29 is 4.39 Å². The van der Waals surface area contributed by atoms with Crippen LogP contribution in [0.4, 0.5) is 10.2 Å². The van der Waals surface area contributed by atoms with Gasteiger partial charge in [0.1, 0.15) is 5.82 Å². The van der Waals surface area contributed by atoms with Crippen molar-refractivity contribution in [2.45, 2.75) is 6.92 Å². The minimum absolute atomic E-state index is 0.234. The number of anilines is 1. The second kappa shape index (κ2) is 4.51. The number of hydrogen-bond donors (Lipinski definition) is 2. The van der Waals surface area contributed by atoms with Gasteiger partial charge in [-0.25, -0.2) is 4.39 Å². The lowest BCUT2D eigenvalue weighted by atomic mass is 10.0. The number of thiophene rings is 1. The zero-order chi connectivity index (χ0) is 13.4. The number of nitrogen functional groups attached to an aromatic ring is 1. The van der Waals surface area contributed by atoms with Gasteiger partial charge in [0, 0.05) is 10.4 Å². The highest BCUT2D eigenvalue weighted by Crippen LogP contribution is 2.37. The highest BCUT2D eigenvalue weighted by molar-refractivity contribution is 7.13. The Hall–Kier alpha value is -2.14. The highest BCUT2D eigenvalue weighted by atomic mass is 32.1. The van der Waals surface area contributed by atoms with Crippen LogP contribution in [0.5, 0.6) is 0 Å². The standard InChI is InChI=1S/C14H12FN3S/c1-8-4-5-9(7-10(8)15)13-12(14(16)18-17-13)11-3-2-6-19-11/h2-7H,1H3,(H3,16,17,18). The number of H-pyrrole nitrogens is 1. The SMILES string of the molecule is Cc1ccc(-c2[nH]nc(N)c2-c2cccs2)cc1F. The van der Waals surface area contributed by atoms with Crippen molar-refractivity contribution in [2.75, 3.05) is 5.73 Å². The Morgan fingerprint density at radius 2 is 2.16 bits per heavy atom. The van der Waals surface area contributed by atoms with Gasteiger partial charge in [-0.15, -0.1) is 11.3 Å². The Balaban J connectivity index is 2.18. The number of nitrogens with one attached hydrogen (secondary N) is 1. The molecule has 0 radical (unpaired) electrons. The summed E-state index contributed by atoms with van der Waals surface area (Å²) in [5, 5.41) is 8.90. The van der Waals surface area contributed by atoms with E-state index >= 15 is 0 Å². The summed E-state index contributed by atoms with van der Waals surface area (Å²) in [6.45, 7) is 1.74. The molecule has 0 aliphatic carbocycles. The number of aromatic amines is 1. The molecule has 3 aromatic rings. The molecule has 0 spiro atoms. The minimum atomic E-state index is -0.234. The topological polar surface area (TPSA) is 54.7 Å². The molecule has 2 heterocycles. The lowest BCUT2D eigenvalue weighted by Gasteiger charge is -2.04. The number of aromatic nitrogens is 2. The predicted octanol–water partition coefficient (Wildman–Crippen LogP) is 3.83. The molecular formula is C14H12FN3S. The van der Waals surface area contributed by atoms with Crippen LogP contribution in [0.1, 0.15) is 5.56 Å². The molecule has 1 aromatic carbocycles. The Morgan fingerprint density at radius 3 is 2.84 bits per heavy atom. The van der Waals surface area contributed by atoms with Crippen LogP contribution in [0.2, 0.25) is 0 Å². The van der Waals surface area contributed by atoms with E-state index in [1.807, 2.05) is 23.6 Å². The number of aryl methyl sites for hydroxylation is 1. The molecule has 0 fully saturated rings. The van der Waals surface area contributed by atoms with Gasteiger partial charge in [-0.05, 0) is 30.0 Å². The summed E-state index contributed by atoms with van der Waals surface area (Å²) in [5.74, 6) is 0.196. The molecule has 0 aliphatic heterocycles. The van der Waals surface area contributed by atoms with Crippen LogP contribution in [-0.2, 0) is 0 Å². The number of nitrogens with two attached hydrogens (primary N) is 1. The first-order valence-corrected chi connectivity index (χ1v) is 6.69. The van der Waals surface area contributed by atoms with E-state index in [-0.39, 0.29) is 5.82 Å². The molecule has 0 saturated heterocycles. The van der Waals surface area contributed by atoms with Crippen molar-refractivity contribution in [3.05, 3.63) is 47.1 Å². The van der Waals surface area contributed by atoms with Gasteiger partial charge >= 0.3 is 0 Å². The van der Waals surface area contributed by atoms with E-state index < -0.39 is 0 Å². The lowest BCUT2D eigenvalue weighted by Crippen LogP contribution is -1.88. The van der Waals surface area contributed by atoms with E-state index in [4.69, 9.17) is 5.73 Å². The molecule has 0 atom stereocenters. The van der Waals surface area contributed by atoms with E-state index in [0.717, 1.165) is 21.7 Å². The maximum atomic E-state index is 13.7. The molecule has 0 aliphatic rings. The molecule has 0 unspecified atom stereocenters. The maximum Gasteiger partial charge on any atom is 0.154 e. The van der Waals surface area contributed by atoms with Crippen LogP contribution < -0.4 is 5.73 Å². The monoisotopic (exact) mass is 273 g/mol. The minimum Gasteiger partial charge on any atom is -0.382 e. The van der Waals surface area contributed by atoms with Crippen molar-refractivity contribution in [3.8, 4) is 21.7 Å². The van der Waals surface area contributed by atoms with E-state index in [0.29, 0.717) is 11.4 Å². The number of halogens is 1. The maximum absolute atomic E-state index is 13.7.